The van der Waals surface area contributed by atoms with Gasteiger partial charge in [-0.05, 0) is 55.5 Å². The summed E-state index contributed by atoms with van der Waals surface area (Å²) in [4.78, 5) is 59.5. The van der Waals surface area contributed by atoms with Crippen molar-refractivity contribution in [1.82, 2.24) is 24.3 Å². The zero-order valence-electron chi connectivity index (χ0n) is 36.6. The Bertz CT molecular complexity index is 2080. The number of ether oxygens (including phenoxy) is 3. The smallest absolute Gasteiger partial charge is 0.274 e. The van der Waals surface area contributed by atoms with E-state index >= 15 is 0 Å². The number of carbonyl (C=O) groups excluding carboxylic acids is 4. The van der Waals surface area contributed by atoms with E-state index in [-0.39, 0.29) is 37.4 Å². The molecular weight excluding hydrogens is 801 g/mol. The monoisotopic (exact) mass is 864 g/mol. The molecular formula is C45H64N6O9S. The minimum absolute atomic E-state index is 0.0798. The highest BCUT2D eigenvalue weighted by atomic mass is 32.2. The van der Waals surface area contributed by atoms with Crippen molar-refractivity contribution in [3.8, 4) is 0 Å². The highest BCUT2D eigenvalue weighted by Crippen LogP contribution is 2.30. The maximum atomic E-state index is 13.7. The Balaban J connectivity index is 0.00000241. The fourth-order valence-corrected chi connectivity index (χ4v) is 7.17. The molecule has 0 fully saturated rings. The van der Waals surface area contributed by atoms with Crippen molar-refractivity contribution in [2.75, 3.05) is 106 Å². The molecule has 16 heteroatoms. The van der Waals surface area contributed by atoms with Gasteiger partial charge in [0.25, 0.3) is 27.9 Å². The highest BCUT2D eigenvalue weighted by molar-refractivity contribution is 7.87. The van der Waals surface area contributed by atoms with Crippen LogP contribution in [0.2, 0.25) is 0 Å². The van der Waals surface area contributed by atoms with Crippen LogP contribution in [-0.2, 0) is 24.4 Å². The van der Waals surface area contributed by atoms with Gasteiger partial charge in [-0.25, -0.2) is 9.86 Å². The number of fused-ring (bicyclic) bond motifs is 1. The van der Waals surface area contributed by atoms with Gasteiger partial charge in [-0.3, -0.25) is 29.0 Å². The van der Waals surface area contributed by atoms with Crippen LogP contribution in [0.25, 0.3) is 21.5 Å². The van der Waals surface area contributed by atoms with E-state index in [2.05, 4.69) is 14.5 Å². The molecule has 1 heterocycles. The Kier molecular flexibility index (Phi) is 22.1. The molecule has 1 aliphatic heterocycles. The number of nitrogens with two attached hydrogens (primary N) is 1. The van der Waals surface area contributed by atoms with Crippen LogP contribution in [0.15, 0.2) is 72.8 Å². The van der Waals surface area contributed by atoms with E-state index in [1.54, 1.807) is 42.3 Å². The van der Waals surface area contributed by atoms with Gasteiger partial charge in [-0.15, -0.1) is 0 Å². The summed E-state index contributed by atoms with van der Waals surface area (Å²) in [6, 6.07) is 21.9. The van der Waals surface area contributed by atoms with Crippen LogP contribution in [0.5, 0.6) is 0 Å². The van der Waals surface area contributed by atoms with E-state index in [0.717, 1.165) is 23.5 Å². The van der Waals surface area contributed by atoms with Crippen LogP contribution in [0.1, 0.15) is 75.5 Å². The van der Waals surface area contributed by atoms with Gasteiger partial charge in [-0.1, -0.05) is 82.3 Å². The van der Waals surface area contributed by atoms with E-state index in [4.69, 9.17) is 19.3 Å². The molecule has 0 atom stereocenters. The van der Waals surface area contributed by atoms with Gasteiger partial charge in [0.1, 0.15) is 0 Å². The summed E-state index contributed by atoms with van der Waals surface area (Å²) in [6.45, 7) is 13.9. The molecule has 4 aromatic rings. The fourth-order valence-electron chi connectivity index (χ4n) is 6.80. The maximum absolute atomic E-state index is 13.7. The number of rotatable bonds is 25. The third kappa shape index (κ3) is 15.3. The molecule has 4 aromatic carbocycles. The summed E-state index contributed by atoms with van der Waals surface area (Å²) in [5.74, 6) is -0.724. The number of benzene rings is 4. The summed E-state index contributed by atoms with van der Waals surface area (Å²) in [7, 11) is -0.0121. The Labute approximate surface area is 361 Å². The first-order valence-corrected chi connectivity index (χ1v) is 22.5. The Morgan fingerprint density at radius 3 is 1.82 bits per heavy atom. The van der Waals surface area contributed by atoms with Crippen molar-refractivity contribution in [3.05, 3.63) is 95.1 Å². The van der Waals surface area contributed by atoms with Gasteiger partial charge in [-0.2, -0.15) is 8.42 Å². The normalized spacial score (nSPS) is 12.4. The lowest BCUT2D eigenvalue weighted by atomic mass is 9.94. The summed E-state index contributed by atoms with van der Waals surface area (Å²) in [5, 5.41) is 7.94. The summed E-state index contributed by atoms with van der Waals surface area (Å²) in [6.07, 6.45) is 1.57. The number of nitrogens with one attached hydrogen (secondary N) is 1. The van der Waals surface area contributed by atoms with Gasteiger partial charge >= 0.3 is 0 Å². The second-order valence-corrected chi connectivity index (χ2v) is 15.2. The lowest BCUT2D eigenvalue weighted by Gasteiger charge is -2.29. The predicted molar refractivity (Wildman–Crippen MR) is 240 cm³/mol. The van der Waals surface area contributed by atoms with Gasteiger partial charge in [0, 0.05) is 79.3 Å². The first-order valence-electron chi connectivity index (χ1n) is 21.0. The molecule has 61 heavy (non-hydrogen) atoms. The summed E-state index contributed by atoms with van der Waals surface area (Å²) in [5.41, 5.74) is 2.04. The Morgan fingerprint density at radius 2 is 1.23 bits per heavy atom. The summed E-state index contributed by atoms with van der Waals surface area (Å²) < 4.78 is 40.6. The van der Waals surface area contributed by atoms with Crippen LogP contribution in [0.4, 0.5) is 0 Å². The van der Waals surface area contributed by atoms with Crippen LogP contribution < -0.4 is 9.86 Å². The van der Waals surface area contributed by atoms with Crippen molar-refractivity contribution in [1.29, 1.82) is 0 Å². The number of nitrogens with zero attached hydrogens (tertiary/aromatic N) is 4. The zero-order chi connectivity index (χ0) is 44.8. The van der Waals surface area contributed by atoms with E-state index < -0.39 is 10.2 Å². The van der Waals surface area contributed by atoms with Crippen LogP contribution in [0, 0.1) is 0 Å². The first-order chi connectivity index (χ1) is 29.5. The van der Waals surface area contributed by atoms with E-state index in [0.29, 0.717) is 105 Å². The van der Waals surface area contributed by atoms with Crippen molar-refractivity contribution in [2.45, 2.75) is 34.1 Å². The molecule has 334 valence electrons. The molecule has 15 nitrogen and oxygen atoms in total. The van der Waals surface area contributed by atoms with Crippen LogP contribution >= 0.6 is 0 Å². The van der Waals surface area contributed by atoms with E-state index in [1.165, 1.54) is 4.90 Å². The molecule has 0 saturated carbocycles. The minimum atomic E-state index is -3.74. The molecule has 0 bridgehead atoms. The second kappa shape index (κ2) is 26.6. The molecule has 0 aromatic heterocycles. The number of hydrogen-bond acceptors (Lipinski definition) is 11. The number of hydrogen-bond donors (Lipinski definition) is 2. The van der Waals surface area contributed by atoms with Crippen molar-refractivity contribution in [3.63, 3.8) is 0 Å². The lowest BCUT2D eigenvalue weighted by molar-refractivity contribution is 0.0111. The Morgan fingerprint density at radius 1 is 0.689 bits per heavy atom. The number of aldehydes is 1. The molecule has 0 aliphatic carbocycles. The van der Waals surface area contributed by atoms with Gasteiger partial charge in [0.2, 0.25) is 0 Å². The topological polar surface area (TPSA) is 181 Å². The lowest BCUT2D eigenvalue weighted by Crippen LogP contribution is -2.44. The summed E-state index contributed by atoms with van der Waals surface area (Å²) >= 11 is 0. The van der Waals surface area contributed by atoms with E-state index in [9.17, 15) is 27.6 Å². The molecule has 0 saturated heterocycles. The number of amides is 3. The Hall–Kier alpha value is -4.65. The SMILES string of the molecule is CC.CC.CN(CCCN(CCOCCOCCOCCNS(N)(=O)=O)CCN(C)C(=O)c1cccc2cccc(C=O)c12)CCN1C(=O)c2cccc3cccc(c23)C1=O. The molecule has 3 N–H and O–H groups in total. The first kappa shape index (κ1) is 50.7. The standard InChI is InChI=1S/C41H52N6O9S.2C2H6/c1-44(19-22-47-40(50)35-14-5-10-32-11-6-15-36(38(32)35)41(47)51)17-7-18-46(23-25-55-27-29-56-28-26-54-24-16-43-57(42,52)53)21-20-45(2)39(49)34-13-4-9-31-8-3-12-33(30-48)37(31)34;2*1-2/h3-6,8-15,30,43H,7,16-29H2,1-2H3,(H2,42,52,53);2*1-2H3. The zero-order valence-corrected chi connectivity index (χ0v) is 37.4. The molecule has 0 unspecified atom stereocenters. The second-order valence-electron chi connectivity index (χ2n) is 13.8. The largest absolute Gasteiger partial charge is 0.378 e. The molecule has 0 radical (unpaired) electrons. The van der Waals surface area contributed by atoms with Gasteiger partial charge < -0.3 is 24.0 Å². The molecule has 3 amide bonds. The molecule has 5 rings (SSSR count). The van der Waals surface area contributed by atoms with Gasteiger partial charge in [0.05, 0.1) is 39.6 Å². The van der Waals surface area contributed by atoms with Crippen molar-refractivity contribution >= 4 is 55.8 Å². The van der Waals surface area contributed by atoms with Gasteiger partial charge in [0.15, 0.2) is 6.29 Å². The average Bonchev–Trinajstić information content (AvgIpc) is 3.27. The van der Waals surface area contributed by atoms with Crippen LogP contribution in [-0.4, -0.2) is 158 Å². The quantitative estimate of drug-likeness (QED) is 0.0536. The highest BCUT2D eigenvalue weighted by Gasteiger charge is 2.32. The molecule has 1 aliphatic rings. The van der Waals surface area contributed by atoms with Crippen LogP contribution in [0.3, 0.4) is 0 Å². The van der Waals surface area contributed by atoms with Crippen molar-refractivity contribution < 1.29 is 41.8 Å². The number of imide groups is 1. The maximum Gasteiger partial charge on any atom is 0.274 e. The third-order valence-corrected chi connectivity index (χ3v) is 10.4. The predicted octanol–water partition coefficient (Wildman–Crippen LogP) is 4.69. The van der Waals surface area contributed by atoms with E-state index in [1.807, 2.05) is 77.2 Å². The molecule has 0 spiro atoms. The van der Waals surface area contributed by atoms with Crippen molar-refractivity contribution in [2.24, 2.45) is 5.14 Å². The minimum Gasteiger partial charge on any atom is -0.378 e. The third-order valence-electron chi connectivity index (χ3n) is 9.81. The number of carbonyl (C=O) groups is 4. The number of likely N-dealkylation sites (N-methyl/N-ethyl adjacent to an activating group) is 2. The fraction of sp³-hybridized carbons (Fsp3) is 0.467. The average molecular weight is 865 g/mol.